The van der Waals surface area contributed by atoms with Crippen LogP contribution in [0.4, 0.5) is 0 Å². The Hall–Kier alpha value is -2.18. The van der Waals surface area contributed by atoms with Crippen LogP contribution in [0.1, 0.15) is 34.0 Å². The standard InChI is InChI=1S/C19H21N3O2S/c1-13-8-11-24-18(13)19(23)20-14-6-9-22(10-7-14)12-17-21-15-4-2-3-5-16(15)25-17/h2-5,8,11,14H,6-7,9-10,12H2,1H3,(H,20,23). The van der Waals surface area contributed by atoms with Crippen molar-refractivity contribution in [3.05, 3.63) is 52.9 Å². The van der Waals surface area contributed by atoms with Crippen LogP contribution in [0.15, 0.2) is 41.0 Å². The van der Waals surface area contributed by atoms with E-state index in [1.54, 1.807) is 17.6 Å². The van der Waals surface area contributed by atoms with Crippen molar-refractivity contribution in [3.8, 4) is 0 Å². The number of rotatable bonds is 4. The molecule has 6 heteroatoms. The van der Waals surface area contributed by atoms with Crippen LogP contribution in [-0.4, -0.2) is 34.9 Å². The number of para-hydroxylation sites is 1. The summed E-state index contributed by atoms with van der Waals surface area (Å²) in [5.74, 6) is 0.323. The summed E-state index contributed by atoms with van der Waals surface area (Å²) in [7, 11) is 0. The number of amides is 1. The zero-order valence-electron chi connectivity index (χ0n) is 14.2. The van der Waals surface area contributed by atoms with E-state index in [4.69, 9.17) is 9.40 Å². The van der Waals surface area contributed by atoms with Crippen LogP contribution in [-0.2, 0) is 6.54 Å². The number of benzene rings is 1. The minimum atomic E-state index is -0.105. The number of thiazole rings is 1. The first-order valence-electron chi connectivity index (χ1n) is 8.61. The van der Waals surface area contributed by atoms with Gasteiger partial charge in [0.15, 0.2) is 5.76 Å². The molecule has 130 valence electrons. The summed E-state index contributed by atoms with van der Waals surface area (Å²) in [6.45, 7) is 4.71. The average Bonchev–Trinajstić information content (AvgIpc) is 3.22. The molecule has 1 N–H and O–H groups in total. The SMILES string of the molecule is Cc1ccoc1C(=O)NC1CCN(Cc2nc3ccccc3s2)CC1. The Kier molecular flexibility index (Phi) is 4.55. The molecule has 1 aliphatic heterocycles. The van der Waals surface area contributed by atoms with Crippen LogP contribution in [0.5, 0.6) is 0 Å². The fourth-order valence-corrected chi connectivity index (χ4v) is 4.28. The predicted octanol–water partition coefficient (Wildman–Crippen LogP) is 3.59. The first kappa shape index (κ1) is 16.3. The molecule has 1 fully saturated rings. The monoisotopic (exact) mass is 355 g/mol. The zero-order valence-corrected chi connectivity index (χ0v) is 15.0. The fraction of sp³-hybridized carbons (Fsp3) is 0.368. The third kappa shape index (κ3) is 3.60. The van der Waals surface area contributed by atoms with E-state index >= 15 is 0 Å². The van der Waals surface area contributed by atoms with Crippen LogP contribution in [0, 0.1) is 6.92 Å². The second-order valence-corrected chi connectivity index (χ2v) is 7.65. The molecule has 3 aromatic rings. The topological polar surface area (TPSA) is 58.4 Å². The molecule has 0 spiro atoms. The van der Waals surface area contributed by atoms with Gasteiger partial charge in [0, 0.05) is 24.7 Å². The van der Waals surface area contributed by atoms with Gasteiger partial charge in [-0.25, -0.2) is 4.98 Å². The highest BCUT2D eigenvalue weighted by molar-refractivity contribution is 7.18. The summed E-state index contributed by atoms with van der Waals surface area (Å²) in [4.78, 5) is 19.4. The number of aromatic nitrogens is 1. The van der Waals surface area contributed by atoms with Crippen molar-refractivity contribution in [2.24, 2.45) is 0 Å². The lowest BCUT2D eigenvalue weighted by molar-refractivity contribution is 0.0880. The number of piperidine rings is 1. The molecule has 25 heavy (non-hydrogen) atoms. The van der Waals surface area contributed by atoms with E-state index in [2.05, 4.69) is 28.4 Å². The van der Waals surface area contributed by atoms with Gasteiger partial charge in [0.2, 0.25) is 0 Å². The number of carbonyl (C=O) groups is 1. The molecular weight excluding hydrogens is 334 g/mol. The maximum atomic E-state index is 12.2. The van der Waals surface area contributed by atoms with Gasteiger partial charge in [0.1, 0.15) is 5.01 Å². The molecule has 0 atom stereocenters. The van der Waals surface area contributed by atoms with Gasteiger partial charge in [0.25, 0.3) is 5.91 Å². The lowest BCUT2D eigenvalue weighted by Crippen LogP contribution is -2.44. The van der Waals surface area contributed by atoms with Crippen molar-refractivity contribution in [2.45, 2.75) is 32.4 Å². The first-order chi connectivity index (χ1) is 12.2. The Morgan fingerprint density at radius 1 is 1.32 bits per heavy atom. The summed E-state index contributed by atoms with van der Waals surface area (Å²) in [6, 6.07) is 10.3. The molecule has 0 unspecified atom stereocenters. The lowest BCUT2D eigenvalue weighted by atomic mass is 10.0. The van der Waals surface area contributed by atoms with Gasteiger partial charge in [-0.15, -0.1) is 11.3 Å². The quantitative estimate of drug-likeness (QED) is 0.777. The van der Waals surface area contributed by atoms with Gasteiger partial charge in [-0.05, 0) is 38.0 Å². The molecule has 0 aliphatic carbocycles. The number of nitrogens with zero attached hydrogens (tertiary/aromatic N) is 2. The zero-order chi connectivity index (χ0) is 17.2. The highest BCUT2D eigenvalue weighted by atomic mass is 32.1. The maximum absolute atomic E-state index is 12.2. The number of nitrogens with one attached hydrogen (secondary N) is 1. The number of furan rings is 1. The molecule has 1 aromatic carbocycles. The van der Waals surface area contributed by atoms with E-state index in [0.29, 0.717) is 5.76 Å². The Labute approximate surface area is 150 Å². The molecule has 0 bridgehead atoms. The van der Waals surface area contributed by atoms with E-state index in [1.807, 2.05) is 19.1 Å². The van der Waals surface area contributed by atoms with Crippen LogP contribution < -0.4 is 5.32 Å². The van der Waals surface area contributed by atoms with Crippen molar-refractivity contribution in [1.29, 1.82) is 0 Å². The van der Waals surface area contributed by atoms with Crippen LogP contribution in [0.3, 0.4) is 0 Å². The van der Waals surface area contributed by atoms with Crippen LogP contribution >= 0.6 is 11.3 Å². The second-order valence-electron chi connectivity index (χ2n) is 6.53. The number of aryl methyl sites for hydroxylation is 1. The average molecular weight is 355 g/mol. The Balaban J connectivity index is 1.31. The third-order valence-electron chi connectivity index (χ3n) is 4.69. The van der Waals surface area contributed by atoms with E-state index < -0.39 is 0 Å². The van der Waals surface area contributed by atoms with E-state index in [-0.39, 0.29) is 11.9 Å². The highest BCUT2D eigenvalue weighted by Crippen LogP contribution is 2.24. The predicted molar refractivity (Wildman–Crippen MR) is 98.8 cm³/mol. The Morgan fingerprint density at radius 2 is 2.12 bits per heavy atom. The molecular formula is C19H21N3O2S. The Bertz CT molecular complexity index is 845. The largest absolute Gasteiger partial charge is 0.459 e. The molecule has 1 aliphatic rings. The van der Waals surface area contributed by atoms with Crippen molar-refractivity contribution < 1.29 is 9.21 Å². The van der Waals surface area contributed by atoms with E-state index in [0.717, 1.165) is 48.6 Å². The summed E-state index contributed by atoms with van der Waals surface area (Å²) in [5, 5.41) is 4.26. The minimum Gasteiger partial charge on any atom is -0.459 e. The summed E-state index contributed by atoms with van der Waals surface area (Å²) in [5.41, 5.74) is 1.96. The molecule has 4 rings (SSSR count). The molecule has 0 radical (unpaired) electrons. The number of hydrogen-bond donors (Lipinski definition) is 1. The van der Waals surface area contributed by atoms with Crippen molar-refractivity contribution >= 4 is 27.5 Å². The summed E-state index contributed by atoms with van der Waals surface area (Å²) >= 11 is 1.77. The molecule has 0 saturated carbocycles. The molecule has 1 amide bonds. The van der Waals surface area contributed by atoms with Gasteiger partial charge in [-0.1, -0.05) is 12.1 Å². The second kappa shape index (κ2) is 6.98. The van der Waals surface area contributed by atoms with Gasteiger partial charge in [-0.3, -0.25) is 9.69 Å². The number of fused-ring (bicyclic) bond motifs is 1. The lowest BCUT2D eigenvalue weighted by Gasteiger charge is -2.31. The molecule has 1 saturated heterocycles. The smallest absolute Gasteiger partial charge is 0.287 e. The van der Waals surface area contributed by atoms with Gasteiger partial charge < -0.3 is 9.73 Å². The van der Waals surface area contributed by atoms with Crippen molar-refractivity contribution in [1.82, 2.24) is 15.2 Å². The number of carbonyl (C=O) groups excluding carboxylic acids is 1. The van der Waals surface area contributed by atoms with Gasteiger partial charge >= 0.3 is 0 Å². The normalized spacial score (nSPS) is 16.4. The molecule has 3 heterocycles. The van der Waals surface area contributed by atoms with E-state index in [1.165, 1.54) is 4.70 Å². The van der Waals surface area contributed by atoms with E-state index in [9.17, 15) is 4.79 Å². The number of hydrogen-bond acceptors (Lipinski definition) is 5. The molecule has 5 nitrogen and oxygen atoms in total. The summed E-state index contributed by atoms with van der Waals surface area (Å²) < 4.78 is 6.51. The van der Waals surface area contributed by atoms with Gasteiger partial charge in [0.05, 0.1) is 23.0 Å². The highest BCUT2D eigenvalue weighted by Gasteiger charge is 2.23. The summed E-state index contributed by atoms with van der Waals surface area (Å²) in [6.07, 6.45) is 3.47. The molecule has 2 aromatic heterocycles. The Morgan fingerprint density at radius 3 is 2.84 bits per heavy atom. The van der Waals surface area contributed by atoms with Crippen molar-refractivity contribution in [3.63, 3.8) is 0 Å². The first-order valence-corrected chi connectivity index (χ1v) is 9.42. The number of likely N-dealkylation sites (tertiary alicyclic amines) is 1. The third-order valence-corrected chi connectivity index (χ3v) is 5.71. The van der Waals surface area contributed by atoms with Crippen molar-refractivity contribution in [2.75, 3.05) is 13.1 Å². The fourth-order valence-electron chi connectivity index (χ4n) is 3.27. The minimum absolute atomic E-state index is 0.105. The maximum Gasteiger partial charge on any atom is 0.287 e. The van der Waals surface area contributed by atoms with Crippen LogP contribution in [0.25, 0.3) is 10.2 Å². The van der Waals surface area contributed by atoms with Crippen LogP contribution in [0.2, 0.25) is 0 Å². The van der Waals surface area contributed by atoms with Gasteiger partial charge in [-0.2, -0.15) is 0 Å².